The molecular weight excluding hydrogens is 306 g/mol. The van der Waals surface area contributed by atoms with E-state index in [1.54, 1.807) is 47.5 Å². The molecule has 2 aromatic rings. The van der Waals surface area contributed by atoms with Crippen molar-refractivity contribution >= 4 is 11.8 Å². The molecule has 0 atom stereocenters. The fourth-order valence-corrected chi connectivity index (χ4v) is 2.81. The van der Waals surface area contributed by atoms with Crippen LogP contribution < -0.4 is 5.32 Å². The Morgan fingerprint density at radius 2 is 1.79 bits per heavy atom. The first-order chi connectivity index (χ1) is 11.6. The molecule has 1 aromatic heterocycles. The summed E-state index contributed by atoms with van der Waals surface area (Å²) in [5.41, 5.74) is 0.707. The number of rotatable bonds is 3. The van der Waals surface area contributed by atoms with Gasteiger partial charge in [-0.2, -0.15) is 0 Å². The average molecular weight is 325 g/mol. The van der Waals surface area contributed by atoms with Gasteiger partial charge in [0, 0.05) is 25.3 Å². The van der Waals surface area contributed by atoms with Crippen molar-refractivity contribution in [3.63, 3.8) is 0 Å². The first-order valence-corrected chi connectivity index (χ1v) is 7.94. The van der Waals surface area contributed by atoms with Crippen LogP contribution in [0, 0.1) is 0 Å². The minimum absolute atomic E-state index is 0.00936. The van der Waals surface area contributed by atoms with Gasteiger partial charge >= 0.3 is 0 Å². The maximum Gasteiger partial charge on any atom is 0.272 e. The van der Waals surface area contributed by atoms with Gasteiger partial charge in [0.25, 0.3) is 11.8 Å². The van der Waals surface area contributed by atoms with Gasteiger partial charge in [-0.05, 0) is 37.1 Å². The van der Waals surface area contributed by atoms with Gasteiger partial charge in [-0.3, -0.25) is 14.6 Å². The Morgan fingerprint density at radius 3 is 2.46 bits per heavy atom. The van der Waals surface area contributed by atoms with Crippen LogP contribution in [0.5, 0.6) is 5.75 Å². The van der Waals surface area contributed by atoms with E-state index in [9.17, 15) is 14.7 Å². The molecule has 0 bridgehead atoms. The van der Waals surface area contributed by atoms with E-state index in [1.165, 1.54) is 6.07 Å². The number of para-hydroxylation sites is 1. The van der Waals surface area contributed by atoms with Crippen molar-refractivity contribution in [2.45, 2.75) is 18.9 Å². The lowest BCUT2D eigenvalue weighted by Gasteiger charge is -2.32. The molecule has 1 fully saturated rings. The molecule has 3 rings (SSSR count). The number of carbonyl (C=O) groups is 2. The van der Waals surface area contributed by atoms with E-state index in [0.717, 1.165) is 0 Å². The fourth-order valence-electron chi connectivity index (χ4n) is 2.81. The van der Waals surface area contributed by atoms with E-state index in [2.05, 4.69) is 10.3 Å². The molecular formula is C18H19N3O3. The molecule has 6 heteroatoms. The molecule has 6 nitrogen and oxygen atoms in total. The number of nitrogens with zero attached hydrogens (tertiary/aromatic N) is 2. The lowest BCUT2D eigenvalue weighted by molar-refractivity contribution is 0.0692. The molecule has 0 aliphatic carbocycles. The summed E-state index contributed by atoms with van der Waals surface area (Å²) in [6, 6.07) is 11.7. The maximum atomic E-state index is 12.3. The van der Waals surface area contributed by atoms with Gasteiger partial charge in [-0.15, -0.1) is 0 Å². The van der Waals surface area contributed by atoms with Gasteiger partial charge in [0.1, 0.15) is 11.4 Å². The van der Waals surface area contributed by atoms with Crippen molar-refractivity contribution in [1.29, 1.82) is 0 Å². The van der Waals surface area contributed by atoms with Crippen LogP contribution in [0.25, 0.3) is 0 Å². The number of phenolic OH excluding ortho intramolecular Hbond substituents is 1. The average Bonchev–Trinajstić information content (AvgIpc) is 2.63. The predicted molar refractivity (Wildman–Crippen MR) is 88.7 cm³/mol. The van der Waals surface area contributed by atoms with Crippen LogP contribution in [-0.4, -0.2) is 45.9 Å². The van der Waals surface area contributed by atoms with Crippen LogP contribution in [0.4, 0.5) is 0 Å². The van der Waals surface area contributed by atoms with E-state index in [4.69, 9.17) is 0 Å². The van der Waals surface area contributed by atoms with E-state index in [0.29, 0.717) is 31.6 Å². The number of piperidine rings is 1. The smallest absolute Gasteiger partial charge is 0.272 e. The third-order valence-electron chi connectivity index (χ3n) is 4.15. The number of amides is 2. The molecule has 0 spiro atoms. The molecule has 2 N–H and O–H groups in total. The van der Waals surface area contributed by atoms with Crippen LogP contribution in [-0.2, 0) is 0 Å². The number of aromatic nitrogens is 1. The largest absolute Gasteiger partial charge is 0.507 e. The molecule has 2 heterocycles. The van der Waals surface area contributed by atoms with Crippen LogP contribution in [0.15, 0.2) is 48.7 Å². The summed E-state index contributed by atoms with van der Waals surface area (Å²) < 4.78 is 0. The first kappa shape index (κ1) is 16.0. The van der Waals surface area contributed by atoms with Gasteiger partial charge in [0.05, 0.1) is 5.56 Å². The van der Waals surface area contributed by atoms with Gasteiger partial charge in [0.2, 0.25) is 0 Å². The normalized spacial score (nSPS) is 15.1. The third kappa shape index (κ3) is 3.53. The lowest BCUT2D eigenvalue weighted by atomic mass is 10.0. The number of nitrogens with one attached hydrogen (secondary N) is 1. The zero-order chi connectivity index (χ0) is 16.9. The Labute approximate surface area is 140 Å². The molecule has 2 amide bonds. The third-order valence-corrected chi connectivity index (χ3v) is 4.15. The number of benzene rings is 1. The topological polar surface area (TPSA) is 82.5 Å². The SMILES string of the molecule is O=C(NC1CCN(C(=O)c2ccccn2)CC1)c1ccccc1O. The van der Waals surface area contributed by atoms with E-state index >= 15 is 0 Å². The van der Waals surface area contributed by atoms with Gasteiger partial charge in [0.15, 0.2) is 0 Å². The van der Waals surface area contributed by atoms with Crippen LogP contribution >= 0.6 is 0 Å². The molecule has 0 radical (unpaired) electrons. The minimum atomic E-state index is -0.289. The summed E-state index contributed by atoms with van der Waals surface area (Å²) >= 11 is 0. The number of carbonyl (C=O) groups excluding carboxylic acids is 2. The van der Waals surface area contributed by atoms with Crippen molar-refractivity contribution in [2.24, 2.45) is 0 Å². The summed E-state index contributed by atoms with van der Waals surface area (Å²) in [6.45, 7) is 1.14. The number of phenols is 1. The van der Waals surface area contributed by atoms with E-state index < -0.39 is 0 Å². The Kier molecular flexibility index (Phi) is 4.74. The number of likely N-dealkylation sites (tertiary alicyclic amines) is 1. The van der Waals surface area contributed by atoms with Crippen LogP contribution in [0.2, 0.25) is 0 Å². The maximum absolute atomic E-state index is 12.3. The number of hydrogen-bond donors (Lipinski definition) is 2. The second-order valence-electron chi connectivity index (χ2n) is 5.77. The highest BCUT2D eigenvalue weighted by atomic mass is 16.3. The quantitative estimate of drug-likeness (QED) is 0.902. The van der Waals surface area contributed by atoms with Gasteiger partial charge in [-0.1, -0.05) is 18.2 Å². The Hall–Kier alpha value is -2.89. The molecule has 0 unspecified atom stereocenters. The van der Waals surface area contributed by atoms with E-state index in [-0.39, 0.29) is 29.2 Å². The summed E-state index contributed by atoms with van der Waals surface area (Å²) in [5, 5.41) is 12.7. The summed E-state index contributed by atoms with van der Waals surface area (Å²) in [6.07, 6.45) is 2.96. The molecule has 1 aromatic carbocycles. The number of aromatic hydroxyl groups is 1. The van der Waals surface area contributed by atoms with Crippen molar-refractivity contribution in [1.82, 2.24) is 15.2 Å². The van der Waals surface area contributed by atoms with Crippen LogP contribution in [0.1, 0.15) is 33.7 Å². The molecule has 24 heavy (non-hydrogen) atoms. The zero-order valence-electron chi connectivity index (χ0n) is 13.2. The molecule has 1 aliphatic heterocycles. The summed E-state index contributed by atoms with van der Waals surface area (Å²) in [4.78, 5) is 30.4. The standard InChI is InChI=1S/C18H19N3O3/c22-16-7-2-1-5-14(16)17(23)20-13-8-11-21(12-9-13)18(24)15-6-3-4-10-19-15/h1-7,10,13,22H,8-9,11-12H2,(H,20,23). The van der Waals surface area contributed by atoms with Gasteiger partial charge in [-0.25, -0.2) is 0 Å². The highest BCUT2D eigenvalue weighted by Crippen LogP contribution is 2.17. The number of pyridine rings is 1. The summed E-state index contributed by atoms with van der Waals surface area (Å²) in [7, 11) is 0. The molecule has 124 valence electrons. The molecule has 1 saturated heterocycles. The van der Waals surface area contributed by atoms with Crippen molar-refractivity contribution in [3.8, 4) is 5.75 Å². The van der Waals surface area contributed by atoms with Crippen molar-refractivity contribution < 1.29 is 14.7 Å². The summed E-state index contributed by atoms with van der Waals surface area (Å²) in [5.74, 6) is -0.401. The molecule has 1 aliphatic rings. The number of hydrogen-bond acceptors (Lipinski definition) is 4. The van der Waals surface area contributed by atoms with Crippen molar-refractivity contribution in [3.05, 3.63) is 59.9 Å². The van der Waals surface area contributed by atoms with Crippen molar-refractivity contribution in [2.75, 3.05) is 13.1 Å². The lowest BCUT2D eigenvalue weighted by Crippen LogP contribution is -2.46. The Bertz CT molecular complexity index is 725. The highest BCUT2D eigenvalue weighted by molar-refractivity contribution is 5.97. The van der Waals surface area contributed by atoms with Gasteiger partial charge < -0.3 is 15.3 Å². The highest BCUT2D eigenvalue weighted by Gasteiger charge is 2.25. The monoisotopic (exact) mass is 325 g/mol. The second kappa shape index (κ2) is 7.12. The molecule has 0 saturated carbocycles. The first-order valence-electron chi connectivity index (χ1n) is 7.94. The minimum Gasteiger partial charge on any atom is -0.507 e. The zero-order valence-corrected chi connectivity index (χ0v) is 13.2. The Morgan fingerprint density at radius 1 is 1.08 bits per heavy atom. The second-order valence-corrected chi connectivity index (χ2v) is 5.77. The van der Waals surface area contributed by atoms with Crippen LogP contribution in [0.3, 0.4) is 0 Å². The Balaban J connectivity index is 1.55. The van der Waals surface area contributed by atoms with E-state index in [1.807, 2.05) is 0 Å². The predicted octanol–water partition coefficient (Wildman–Crippen LogP) is 1.82. The fraction of sp³-hybridized carbons (Fsp3) is 0.278.